The topological polar surface area (TPSA) is 99.0 Å². The maximum atomic E-state index is 12.3. The minimum absolute atomic E-state index is 0.332. The number of anilines is 1. The van der Waals surface area contributed by atoms with Crippen LogP contribution in [-0.4, -0.2) is 38.2 Å². The Morgan fingerprint density at radius 2 is 1.85 bits per heavy atom. The second kappa shape index (κ2) is 7.77. The number of carbonyl (C=O) groups is 2. The van der Waals surface area contributed by atoms with Crippen LogP contribution in [0.4, 0.5) is 5.69 Å². The van der Waals surface area contributed by atoms with Crippen molar-refractivity contribution in [1.29, 1.82) is 0 Å². The third-order valence-electron chi connectivity index (χ3n) is 4.02. The third-order valence-corrected chi connectivity index (χ3v) is 4.02. The number of rotatable bonds is 5. The molecule has 0 saturated carbocycles. The molecule has 1 N–H and O–H groups in total. The van der Waals surface area contributed by atoms with Crippen LogP contribution in [0.5, 0.6) is 0 Å². The van der Waals surface area contributed by atoms with Crippen molar-refractivity contribution in [3.8, 4) is 5.69 Å². The van der Waals surface area contributed by atoms with Gasteiger partial charge in [0, 0.05) is 5.69 Å². The Morgan fingerprint density at radius 1 is 1.11 bits per heavy atom. The number of ether oxygens (including phenoxy) is 1. The maximum absolute atomic E-state index is 12.3. The van der Waals surface area contributed by atoms with E-state index in [4.69, 9.17) is 4.74 Å². The number of amides is 1. The molecule has 0 aliphatic heterocycles. The fourth-order valence-corrected chi connectivity index (χ4v) is 2.42. The summed E-state index contributed by atoms with van der Waals surface area (Å²) < 4.78 is 6.74. The zero-order valence-electron chi connectivity index (χ0n) is 15.2. The molecule has 27 heavy (non-hydrogen) atoms. The zero-order chi connectivity index (χ0) is 19.4. The number of nitrogens with zero attached hydrogens (tertiary/aromatic N) is 4. The van der Waals surface area contributed by atoms with E-state index in [9.17, 15) is 9.59 Å². The quantitative estimate of drug-likeness (QED) is 0.697. The van der Waals surface area contributed by atoms with Crippen molar-refractivity contribution in [1.82, 2.24) is 20.2 Å². The molecule has 1 amide bonds. The second-order valence-electron chi connectivity index (χ2n) is 6.16. The van der Waals surface area contributed by atoms with Crippen molar-refractivity contribution in [3.05, 3.63) is 65.5 Å². The van der Waals surface area contributed by atoms with Crippen molar-refractivity contribution >= 4 is 17.6 Å². The summed E-state index contributed by atoms with van der Waals surface area (Å²) in [6.45, 7) is 5.38. The molecule has 1 aromatic heterocycles. The predicted octanol–water partition coefficient (Wildman–Crippen LogP) is 2.46. The van der Waals surface area contributed by atoms with E-state index in [0.717, 1.165) is 11.1 Å². The van der Waals surface area contributed by atoms with E-state index in [2.05, 4.69) is 20.8 Å². The van der Waals surface area contributed by atoms with E-state index in [1.165, 1.54) is 17.9 Å². The molecule has 0 fully saturated rings. The lowest BCUT2D eigenvalue weighted by atomic mass is 10.1. The number of benzene rings is 2. The Labute approximate surface area is 156 Å². The Kier molecular flexibility index (Phi) is 5.25. The number of esters is 1. The molecule has 0 aliphatic rings. The maximum Gasteiger partial charge on any atom is 0.338 e. The zero-order valence-corrected chi connectivity index (χ0v) is 15.2. The Morgan fingerprint density at radius 3 is 2.52 bits per heavy atom. The molecule has 8 heteroatoms. The molecule has 1 atom stereocenters. The molecule has 1 heterocycles. The van der Waals surface area contributed by atoms with Gasteiger partial charge in [-0.05, 0) is 72.7 Å². The van der Waals surface area contributed by atoms with Gasteiger partial charge in [-0.1, -0.05) is 12.1 Å². The molecule has 8 nitrogen and oxygen atoms in total. The number of tetrazole rings is 1. The van der Waals surface area contributed by atoms with Crippen LogP contribution in [0.25, 0.3) is 5.69 Å². The summed E-state index contributed by atoms with van der Waals surface area (Å²) >= 11 is 0. The first-order chi connectivity index (χ1) is 12.9. The van der Waals surface area contributed by atoms with Gasteiger partial charge < -0.3 is 10.1 Å². The van der Waals surface area contributed by atoms with Crippen LogP contribution in [-0.2, 0) is 9.53 Å². The first-order valence-electron chi connectivity index (χ1n) is 8.36. The van der Waals surface area contributed by atoms with Crippen LogP contribution in [0, 0.1) is 13.8 Å². The summed E-state index contributed by atoms with van der Waals surface area (Å²) in [6.07, 6.45) is 0.518. The van der Waals surface area contributed by atoms with Gasteiger partial charge in [0.25, 0.3) is 5.91 Å². The van der Waals surface area contributed by atoms with Gasteiger partial charge >= 0.3 is 5.97 Å². The molecule has 3 rings (SSSR count). The normalized spacial score (nSPS) is 11.7. The summed E-state index contributed by atoms with van der Waals surface area (Å²) in [5.74, 6) is -0.968. The first kappa shape index (κ1) is 18.2. The molecule has 0 aliphatic carbocycles. The summed E-state index contributed by atoms with van der Waals surface area (Å²) in [4.78, 5) is 24.6. The minimum atomic E-state index is -0.934. The highest BCUT2D eigenvalue weighted by molar-refractivity contribution is 5.97. The lowest BCUT2D eigenvalue weighted by molar-refractivity contribution is -0.123. The van der Waals surface area contributed by atoms with Gasteiger partial charge in [-0.15, -0.1) is 5.10 Å². The van der Waals surface area contributed by atoms with Crippen LogP contribution < -0.4 is 5.32 Å². The Hall–Kier alpha value is -3.55. The monoisotopic (exact) mass is 365 g/mol. The molecule has 3 aromatic rings. The van der Waals surface area contributed by atoms with Gasteiger partial charge in [-0.3, -0.25) is 4.79 Å². The molecular weight excluding hydrogens is 346 g/mol. The summed E-state index contributed by atoms with van der Waals surface area (Å²) in [5.41, 5.74) is 3.71. The van der Waals surface area contributed by atoms with E-state index in [1.807, 2.05) is 32.0 Å². The van der Waals surface area contributed by atoms with Gasteiger partial charge in [-0.25, -0.2) is 9.48 Å². The average molecular weight is 365 g/mol. The minimum Gasteiger partial charge on any atom is -0.449 e. The van der Waals surface area contributed by atoms with Crippen LogP contribution in [0.3, 0.4) is 0 Å². The summed E-state index contributed by atoms with van der Waals surface area (Å²) in [7, 11) is 0. The Balaban J connectivity index is 1.63. The molecule has 2 aromatic carbocycles. The summed E-state index contributed by atoms with van der Waals surface area (Å²) in [5, 5.41) is 13.7. The molecule has 0 unspecified atom stereocenters. The van der Waals surface area contributed by atoms with Crippen molar-refractivity contribution in [3.63, 3.8) is 0 Å². The van der Waals surface area contributed by atoms with Crippen molar-refractivity contribution in [2.75, 3.05) is 5.32 Å². The fourth-order valence-electron chi connectivity index (χ4n) is 2.42. The van der Waals surface area contributed by atoms with Crippen molar-refractivity contribution < 1.29 is 14.3 Å². The van der Waals surface area contributed by atoms with Gasteiger partial charge in [0.05, 0.1) is 11.3 Å². The molecule has 138 valence electrons. The second-order valence-corrected chi connectivity index (χ2v) is 6.16. The van der Waals surface area contributed by atoms with Crippen LogP contribution in [0.15, 0.2) is 48.8 Å². The van der Waals surface area contributed by atoms with Crippen molar-refractivity contribution in [2.24, 2.45) is 0 Å². The van der Waals surface area contributed by atoms with E-state index in [0.29, 0.717) is 16.9 Å². The number of hydrogen-bond donors (Lipinski definition) is 1. The number of aryl methyl sites for hydroxylation is 2. The molecule has 0 saturated heterocycles. The molecule has 0 spiro atoms. The Bertz CT molecular complexity index is 952. The van der Waals surface area contributed by atoms with Crippen LogP contribution >= 0.6 is 0 Å². The predicted molar refractivity (Wildman–Crippen MR) is 98.6 cm³/mol. The largest absolute Gasteiger partial charge is 0.449 e. The number of hydrogen-bond acceptors (Lipinski definition) is 6. The fraction of sp³-hybridized carbons (Fsp3) is 0.211. The van der Waals surface area contributed by atoms with E-state index in [-0.39, 0.29) is 5.91 Å². The molecular formula is C19H19N5O3. The molecule has 0 bridgehead atoms. The number of nitrogens with one attached hydrogen (secondary N) is 1. The van der Waals surface area contributed by atoms with E-state index >= 15 is 0 Å². The highest BCUT2D eigenvalue weighted by atomic mass is 16.5. The van der Waals surface area contributed by atoms with E-state index < -0.39 is 12.1 Å². The standard InChI is InChI=1S/C19H19N5O3/c1-12-4-5-13(2)17(10-12)21-18(25)14(3)27-19(26)15-6-8-16(9-7-15)24-11-20-22-23-24/h4-11,14H,1-3H3,(H,21,25)/t14-/m1/s1. The van der Waals surface area contributed by atoms with Crippen LogP contribution in [0.2, 0.25) is 0 Å². The van der Waals surface area contributed by atoms with Gasteiger partial charge in [0.2, 0.25) is 0 Å². The average Bonchev–Trinajstić information content (AvgIpc) is 3.19. The van der Waals surface area contributed by atoms with Gasteiger partial charge in [0.1, 0.15) is 6.33 Å². The lowest BCUT2D eigenvalue weighted by Gasteiger charge is -2.15. The van der Waals surface area contributed by atoms with Crippen LogP contribution in [0.1, 0.15) is 28.4 Å². The first-order valence-corrected chi connectivity index (χ1v) is 8.36. The number of carbonyl (C=O) groups excluding carboxylic acids is 2. The smallest absolute Gasteiger partial charge is 0.338 e. The lowest BCUT2D eigenvalue weighted by Crippen LogP contribution is -2.30. The van der Waals surface area contributed by atoms with Gasteiger partial charge in [-0.2, -0.15) is 0 Å². The van der Waals surface area contributed by atoms with Crippen molar-refractivity contribution in [2.45, 2.75) is 26.9 Å². The highest BCUT2D eigenvalue weighted by Crippen LogP contribution is 2.17. The van der Waals surface area contributed by atoms with Gasteiger partial charge in [0.15, 0.2) is 6.10 Å². The molecule has 0 radical (unpaired) electrons. The van der Waals surface area contributed by atoms with E-state index in [1.54, 1.807) is 24.3 Å². The highest BCUT2D eigenvalue weighted by Gasteiger charge is 2.19. The third kappa shape index (κ3) is 4.35. The number of aromatic nitrogens is 4. The summed E-state index contributed by atoms with van der Waals surface area (Å²) in [6, 6.07) is 12.3. The SMILES string of the molecule is Cc1ccc(C)c(NC(=O)[C@@H](C)OC(=O)c2ccc(-n3cnnn3)cc2)c1.